The van der Waals surface area contributed by atoms with Crippen LogP contribution in [0, 0.1) is 20.8 Å². The Balaban J connectivity index is 1.43. The standard InChI is InChI=1S/C28H30N2O5/c1-18-7-5-10-23(15-18)33-14-13-30-24-16-22(11-12-25(24)35-21(4)28(30)32)29-26(31)17-34-27-19(2)8-6-9-20(27)3/h5-12,15-16,21H,13-14,17H2,1-4H3,(H,29,31). The van der Waals surface area contributed by atoms with Crippen LogP contribution in [0.1, 0.15) is 23.6 Å². The number of para-hydroxylation sites is 1. The first-order chi connectivity index (χ1) is 16.8. The molecular weight excluding hydrogens is 444 g/mol. The van der Waals surface area contributed by atoms with E-state index in [0.29, 0.717) is 36.0 Å². The van der Waals surface area contributed by atoms with Crippen molar-refractivity contribution in [3.05, 3.63) is 77.4 Å². The van der Waals surface area contributed by atoms with Crippen LogP contribution in [0.3, 0.4) is 0 Å². The number of carbonyl (C=O) groups excluding carboxylic acids is 2. The Morgan fingerprint density at radius 3 is 2.49 bits per heavy atom. The number of amides is 2. The summed E-state index contributed by atoms with van der Waals surface area (Å²) in [6.45, 7) is 8.16. The minimum absolute atomic E-state index is 0.122. The van der Waals surface area contributed by atoms with E-state index in [0.717, 1.165) is 22.4 Å². The van der Waals surface area contributed by atoms with Gasteiger partial charge in [0.1, 0.15) is 23.9 Å². The van der Waals surface area contributed by atoms with Crippen LogP contribution in [-0.2, 0) is 9.59 Å². The van der Waals surface area contributed by atoms with Gasteiger partial charge in [0.25, 0.3) is 11.8 Å². The average molecular weight is 475 g/mol. The molecule has 0 radical (unpaired) electrons. The van der Waals surface area contributed by atoms with E-state index in [-0.39, 0.29) is 18.4 Å². The topological polar surface area (TPSA) is 77.1 Å². The quantitative estimate of drug-likeness (QED) is 0.506. The third-order valence-corrected chi connectivity index (χ3v) is 5.78. The molecule has 182 valence electrons. The molecule has 1 atom stereocenters. The molecule has 7 heteroatoms. The number of nitrogens with one attached hydrogen (secondary N) is 1. The molecule has 0 fully saturated rings. The lowest BCUT2D eigenvalue weighted by atomic mass is 10.1. The van der Waals surface area contributed by atoms with Crippen LogP contribution in [0.2, 0.25) is 0 Å². The number of ether oxygens (including phenoxy) is 3. The summed E-state index contributed by atoms with van der Waals surface area (Å²) in [6.07, 6.45) is -0.604. The summed E-state index contributed by atoms with van der Waals surface area (Å²) < 4.78 is 17.4. The second-order valence-corrected chi connectivity index (χ2v) is 8.66. The number of hydrogen-bond acceptors (Lipinski definition) is 5. The molecule has 1 aliphatic heterocycles. The number of aryl methyl sites for hydroxylation is 3. The molecule has 3 aromatic carbocycles. The van der Waals surface area contributed by atoms with Crippen molar-refractivity contribution in [1.82, 2.24) is 0 Å². The monoisotopic (exact) mass is 474 g/mol. The van der Waals surface area contributed by atoms with Crippen molar-refractivity contribution in [1.29, 1.82) is 0 Å². The highest BCUT2D eigenvalue weighted by Crippen LogP contribution is 2.36. The number of anilines is 2. The van der Waals surface area contributed by atoms with Gasteiger partial charge in [0.2, 0.25) is 0 Å². The summed E-state index contributed by atoms with van der Waals surface area (Å²) in [5.74, 6) is 1.59. The van der Waals surface area contributed by atoms with Crippen LogP contribution >= 0.6 is 0 Å². The summed E-state index contributed by atoms with van der Waals surface area (Å²) in [4.78, 5) is 27.1. The lowest BCUT2D eigenvalue weighted by Gasteiger charge is -2.33. The van der Waals surface area contributed by atoms with Gasteiger partial charge in [-0.05, 0) is 74.7 Å². The lowest BCUT2D eigenvalue weighted by Crippen LogP contribution is -2.46. The van der Waals surface area contributed by atoms with Crippen LogP contribution in [0.25, 0.3) is 0 Å². The first kappa shape index (κ1) is 24.1. The van der Waals surface area contributed by atoms with Gasteiger partial charge in [-0.1, -0.05) is 30.3 Å². The van der Waals surface area contributed by atoms with Crippen LogP contribution in [0.15, 0.2) is 60.7 Å². The van der Waals surface area contributed by atoms with E-state index < -0.39 is 6.10 Å². The zero-order valence-corrected chi connectivity index (χ0v) is 20.5. The second kappa shape index (κ2) is 10.5. The molecule has 0 spiro atoms. The molecule has 0 aromatic heterocycles. The fourth-order valence-corrected chi connectivity index (χ4v) is 4.04. The van der Waals surface area contributed by atoms with E-state index in [1.807, 2.05) is 63.2 Å². The maximum Gasteiger partial charge on any atom is 0.267 e. The normalized spacial score (nSPS) is 14.7. The highest BCUT2D eigenvalue weighted by atomic mass is 16.5. The fourth-order valence-electron chi connectivity index (χ4n) is 4.04. The number of rotatable bonds is 8. The van der Waals surface area contributed by atoms with Crippen LogP contribution in [0.5, 0.6) is 17.2 Å². The molecule has 1 aliphatic rings. The van der Waals surface area contributed by atoms with Crippen molar-refractivity contribution in [2.24, 2.45) is 0 Å². The molecule has 7 nitrogen and oxygen atoms in total. The molecule has 1 heterocycles. The van der Waals surface area contributed by atoms with Gasteiger partial charge in [0, 0.05) is 5.69 Å². The van der Waals surface area contributed by atoms with E-state index in [1.165, 1.54) is 0 Å². The number of hydrogen-bond donors (Lipinski definition) is 1. The van der Waals surface area contributed by atoms with Crippen LogP contribution in [-0.4, -0.2) is 37.7 Å². The molecular formula is C28H30N2O5. The molecule has 4 rings (SSSR count). The maximum atomic E-state index is 12.9. The third kappa shape index (κ3) is 5.74. The minimum atomic E-state index is -0.604. The molecule has 1 N–H and O–H groups in total. The zero-order valence-electron chi connectivity index (χ0n) is 20.5. The molecule has 0 aliphatic carbocycles. The number of benzene rings is 3. The maximum absolute atomic E-state index is 12.9. The predicted molar refractivity (Wildman–Crippen MR) is 136 cm³/mol. The van der Waals surface area contributed by atoms with Crippen molar-refractivity contribution >= 4 is 23.2 Å². The molecule has 3 aromatic rings. The van der Waals surface area contributed by atoms with Crippen molar-refractivity contribution < 1.29 is 23.8 Å². The molecule has 2 amide bonds. The first-order valence-electron chi connectivity index (χ1n) is 11.6. The Bertz CT molecular complexity index is 1220. The predicted octanol–water partition coefficient (Wildman–Crippen LogP) is 4.82. The first-order valence-corrected chi connectivity index (χ1v) is 11.6. The Hall–Kier alpha value is -4.00. The van der Waals surface area contributed by atoms with Gasteiger partial charge < -0.3 is 24.4 Å². The van der Waals surface area contributed by atoms with Crippen molar-refractivity contribution in [2.75, 3.05) is 30.0 Å². The highest BCUT2D eigenvalue weighted by Gasteiger charge is 2.31. The smallest absolute Gasteiger partial charge is 0.267 e. The average Bonchev–Trinajstić information content (AvgIpc) is 2.81. The number of nitrogens with zero attached hydrogens (tertiary/aromatic N) is 1. The SMILES string of the molecule is Cc1cccc(OCCN2C(=O)C(C)Oc3ccc(NC(=O)COc4c(C)cccc4C)cc32)c1. The van der Waals surface area contributed by atoms with E-state index in [4.69, 9.17) is 14.2 Å². The fraction of sp³-hybridized carbons (Fsp3) is 0.286. The van der Waals surface area contributed by atoms with Crippen LogP contribution < -0.4 is 24.4 Å². The van der Waals surface area contributed by atoms with Crippen molar-refractivity contribution in [3.8, 4) is 17.2 Å². The highest BCUT2D eigenvalue weighted by molar-refractivity contribution is 6.01. The Kier molecular flexibility index (Phi) is 7.25. The van der Waals surface area contributed by atoms with Gasteiger partial charge in [-0.25, -0.2) is 0 Å². The minimum Gasteiger partial charge on any atom is -0.492 e. The summed E-state index contributed by atoms with van der Waals surface area (Å²) in [5.41, 5.74) is 4.19. The molecule has 0 bridgehead atoms. The van der Waals surface area contributed by atoms with Crippen molar-refractivity contribution in [2.45, 2.75) is 33.8 Å². The Morgan fingerprint density at radius 1 is 1.00 bits per heavy atom. The summed E-state index contributed by atoms with van der Waals surface area (Å²) in [7, 11) is 0. The third-order valence-electron chi connectivity index (χ3n) is 5.78. The number of carbonyl (C=O) groups is 2. The Labute approximate surface area is 205 Å². The molecule has 0 saturated carbocycles. The van der Waals surface area contributed by atoms with E-state index >= 15 is 0 Å². The molecule has 35 heavy (non-hydrogen) atoms. The lowest BCUT2D eigenvalue weighted by molar-refractivity contribution is -0.125. The Morgan fingerprint density at radius 2 is 1.74 bits per heavy atom. The molecule has 0 saturated heterocycles. The summed E-state index contributed by atoms with van der Waals surface area (Å²) in [6, 6.07) is 18.9. The van der Waals surface area contributed by atoms with E-state index in [2.05, 4.69) is 5.32 Å². The van der Waals surface area contributed by atoms with Gasteiger partial charge in [-0.3, -0.25) is 9.59 Å². The van der Waals surface area contributed by atoms with Gasteiger partial charge in [-0.2, -0.15) is 0 Å². The number of fused-ring (bicyclic) bond motifs is 1. The van der Waals surface area contributed by atoms with Crippen LogP contribution in [0.4, 0.5) is 11.4 Å². The van der Waals surface area contributed by atoms with E-state index in [1.54, 1.807) is 30.0 Å². The van der Waals surface area contributed by atoms with Gasteiger partial charge in [0.05, 0.1) is 12.2 Å². The van der Waals surface area contributed by atoms with Crippen molar-refractivity contribution in [3.63, 3.8) is 0 Å². The van der Waals surface area contributed by atoms with Gasteiger partial charge >= 0.3 is 0 Å². The second-order valence-electron chi connectivity index (χ2n) is 8.66. The molecule has 1 unspecified atom stereocenters. The summed E-state index contributed by atoms with van der Waals surface area (Å²) in [5, 5.41) is 2.85. The van der Waals surface area contributed by atoms with Gasteiger partial charge in [-0.15, -0.1) is 0 Å². The summed E-state index contributed by atoms with van der Waals surface area (Å²) >= 11 is 0. The zero-order chi connectivity index (χ0) is 24.9. The van der Waals surface area contributed by atoms with Gasteiger partial charge in [0.15, 0.2) is 12.7 Å². The van der Waals surface area contributed by atoms with E-state index in [9.17, 15) is 9.59 Å². The largest absolute Gasteiger partial charge is 0.492 e.